The summed E-state index contributed by atoms with van der Waals surface area (Å²) in [6.45, 7) is 0. The maximum absolute atomic E-state index is 13.2. The van der Waals surface area contributed by atoms with E-state index >= 15 is 0 Å². The molecule has 0 unspecified atom stereocenters. The van der Waals surface area contributed by atoms with E-state index in [4.69, 9.17) is 21.6 Å². The van der Waals surface area contributed by atoms with Crippen molar-refractivity contribution in [2.24, 2.45) is 0 Å². The summed E-state index contributed by atoms with van der Waals surface area (Å²) in [4.78, 5) is 11.9. The molecule has 21 heavy (non-hydrogen) atoms. The maximum atomic E-state index is 13.2. The molecule has 2 rings (SSSR count). The Bertz CT molecular complexity index is 684. The third kappa shape index (κ3) is 4.01. The quantitative estimate of drug-likeness (QED) is 0.516. The fraction of sp³-hybridized carbons (Fsp3) is 0. The van der Waals surface area contributed by atoms with Crippen LogP contribution >= 0.6 is 11.6 Å². The highest BCUT2D eigenvalue weighted by Crippen LogP contribution is 2.16. The molecular weight excluding hydrogens is 293 g/mol. The smallest absolute Gasteiger partial charge is 0.423 e. The van der Waals surface area contributed by atoms with Crippen molar-refractivity contribution in [3.63, 3.8) is 0 Å². The van der Waals surface area contributed by atoms with Crippen LogP contribution in [0, 0.1) is 5.82 Å². The van der Waals surface area contributed by atoms with Crippen molar-refractivity contribution in [1.29, 1.82) is 0 Å². The molecule has 6 heteroatoms. The molecule has 0 amide bonds. The molecule has 3 nitrogen and oxygen atoms in total. The number of benzene rings is 2. The fourth-order valence-corrected chi connectivity index (χ4v) is 1.82. The average Bonchev–Trinajstić information content (AvgIpc) is 2.48. The molecule has 0 saturated heterocycles. The van der Waals surface area contributed by atoms with Gasteiger partial charge in [0.2, 0.25) is 0 Å². The van der Waals surface area contributed by atoms with Crippen molar-refractivity contribution in [3.8, 4) is 0 Å². The lowest BCUT2D eigenvalue weighted by molar-refractivity contribution is 0.104. The number of carbonyl (C=O) groups excluding carboxylic acids is 1. The van der Waals surface area contributed by atoms with Gasteiger partial charge in [0.05, 0.1) is 5.02 Å². The van der Waals surface area contributed by atoms with Gasteiger partial charge in [0, 0.05) is 5.56 Å². The van der Waals surface area contributed by atoms with E-state index in [0.717, 1.165) is 0 Å². The molecule has 0 heterocycles. The van der Waals surface area contributed by atoms with Gasteiger partial charge in [-0.25, -0.2) is 4.39 Å². The molecule has 0 aliphatic heterocycles. The summed E-state index contributed by atoms with van der Waals surface area (Å²) < 4.78 is 13.2. The third-order valence-corrected chi connectivity index (χ3v) is 3.17. The Kier molecular flexibility index (Phi) is 4.91. The van der Waals surface area contributed by atoms with Crippen molar-refractivity contribution in [3.05, 3.63) is 70.5 Å². The molecule has 0 fully saturated rings. The summed E-state index contributed by atoms with van der Waals surface area (Å²) in [5.41, 5.74) is 1.22. The molecule has 0 atom stereocenters. The number of ketones is 1. The average molecular weight is 305 g/mol. The highest BCUT2D eigenvalue weighted by Gasteiger charge is 2.11. The molecule has 0 bridgehead atoms. The largest absolute Gasteiger partial charge is 0.488 e. The second-order valence-corrected chi connectivity index (χ2v) is 4.77. The van der Waals surface area contributed by atoms with E-state index in [1.807, 2.05) is 0 Å². The van der Waals surface area contributed by atoms with Crippen LogP contribution in [-0.4, -0.2) is 22.9 Å². The van der Waals surface area contributed by atoms with Crippen molar-refractivity contribution < 1.29 is 19.2 Å². The first-order chi connectivity index (χ1) is 9.97. The van der Waals surface area contributed by atoms with Crippen LogP contribution in [0.4, 0.5) is 4.39 Å². The van der Waals surface area contributed by atoms with Gasteiger partial charge in [-0.05, 0) is 29.2 Å². The minimum Gasteiger partial charge on any atom is -0.423 e. The molecule has 0 radical (unpaired) electrons. The first-order valence-electron chi connectivity index (χ1n) is 6.11. The van der Waals surface area contributed by atoms with E-state index in [9.17, 15) is 9.18 Å². The van der Waals surface area contributed by atoms with Crippen LogP contribution in [0.2, 0.25) is 5.02 Å². The topological polar surface area (TPSA) is 57.5 Å². The summed E-state index contributed by atoms with van der Waals surface area (Å²) in [7, 11) is -1.57. The van der Waals surface area contributed by atoms with E-state index < -0.39 is 12.9 Å². The lowest BCUT2D eigenvalue weighted by Crippen LogP contribution is -2.29. The van der Waals surface area contributed by atoms with Crippen molar-refractivity contribution in [2.75, 3.05) is 0 Å². The Balaban J connectivity index is 2.13. The van der Waals surface area contributed by atoms with Crippen LogP contribution in [0.5, 0.6) is 0 Å². The predicted octanol–water partition coefficient (Wildman–Crippen LogP) is 2.06. The summed E-state index contributed by atoms with van der Waals surface area (Å²) in [6, 6.07) is 10.1. The van der Waals surface area contributed by atoms with Crippen molar-refractivity contribution in [2.45, 2.75) is 0 Å². The highest BCUT2D eigenvalue weighted by atomic mass is 35.5. The van der Waals surface area contributed by atoms with Gasteiger partial charge in [-0.3, -0.25) is 4.79 Å². The van der Waals surface area contributed by atoms with E-state index in [0.29, 0.717) is 16.6 Å². The minimum atomic E-state index is -1.57. The first kappa shape index (κ1) is 15.4. The zero-order valence-electron chi connectivity index (χ0n) is 10.8. The Hall–Kier alpha value is -1.95. The van der Waals surface area contributed by atoms with E-state index in [2.05, 4.69) is 0 Å². The number of hydrogen-bond donors (Lipinski definition) is 2. The molecular formula is C15H11BClFO3. The van der Waals surface area contributed by atoms with Crippen molar-refractivity contribution in [1.82, 2.24) is 0 Å². The first-order valence-corrected chi connectivity index (χ1v) is 6.49. The molecule has 0 saturated carbocycles. The van der Waals surface area contributed by atoms with Gasteiger partial charge >= 0.3 is 7.12 Å². The monoisotopic (exact) mass is 304 g/mol. The van der Waals surface area contributed by atoms with Gasteiger partial charge in [-0.2, -0.15) is 0 Å². The fourth-order valence-electron chi connectivity index (χ4n) is 1.70. The van der Waals surface area contributed by atoms with Crippen LogP contribution in [0.3, 0.4) is 0 Å². The molecule has 0 aliphatic rings. The Morgan fingerprint density at radius 3 is 2.38 bits per heavy atom. The molecule has 0 spiro atoms. The number of rotatable bonds is 4. The summed E-state index contributed by atoms with van der Waals surface area (Å²) >= 11 is 5.57. The Morgan fingerprint density at radius 1 is 1.14 bits per heavy atom. The van der Waals surface area contributed by atoms with Gasteiger partial charge in [0.1, 0.15) is 5.82 Å². The van der Waals surface area contributed by atoms with Crippen LogP contribution < -0.4 is 5.46 Å². The SMILES string of the molecule is O=C(/C=C/c1ccc(Cl)c(F)c1)c1ccc(B(O)O)cc1. The number of hydrogen-bond acceptors (Lipinski definition) is 3. The van der Waals surface area contributed by atoms with E-state index in [1.54, 1.807) is 6.07 Å². The minimum absolute atomic E-state index is 0.0247. The molecule has 2 aromatic rings. The molecule has 106 valence electrons. The van der Waals surface area contributed by atoms with Crippen LogP contribution in [-0.2, 0) is 0 Å². The van der Waals surface area contributed by atoms with Gasteiger partial charge in [0.15, 0.2) is 5.78 Å². The molecule has 2 N–H and O–H groups in total. The maximum Gasteiger partial charge on any atom is 0.488 e. The highest BCUT2D eigenvalue weighted by molar-refractivity contribution is 6.58. The Morgan fingerprint density at radius 2 is 1.81 bits per heavy atom. The second-order valence-electron chi connectivity index (χ2n) is 4.37. The van der Waals surface area contributed by atoms with Gasteiger partial charge < -0.3 is 10.0 Å². The lowest BCUT2D eigenvalue weighted by Gasteiger charge is -2.00. The number of allylic oxidation sites excluding steroid dienone is 1. The van der Waals surface area contributed by atoms with Crippen molar-refractivity contribution >= 4 is 36.0 Å². The van der Waals surface area contributed by atoms with E-state index in [-0.39, 0.29) is 10.8 Å². The lowest BCUT2D eigenvalue weighted by atomic mass is 9.80. The molecule has 0 aromatic heterocycles. The predicted molar refractivity (Wildman–Crippen MR) is 81.0 cm³/mol. The van der Waals surface area contributed by atoms with Crippen LogP contribution in [0.15, 0.2) is 48.5 Å². The number of halogens is 2. The normalized spacial score (nSPS) is 10.9. The summed E-state index contributed by atoms with van der Waals surface area (Å²) in [5.74, 6) is -0.822. The van der Waals surface area contributed by atoms with Gasteiger partial charge in [-0.15, -0.1) is 0 Å². The Labute approximate surface area is 126 Å². The molecule has 2 aromatic carbocycles. The van der Waals surface area contributed by atoms with Gasteiger partial charge in [0.25, 0.3) is 0 Å². The van der Waals surface area contributed by atoms with Crippen LogP contribution in [0.1, 0.15) is 15.9 Å². The second kappa shape index (κ2) is 6.67. The van der Waals surface area contributed by atoms with Gasteiger partial charge in [-0.1, -0.05) is 48.0 Å². The number of carbonyl (C=O) groups is 1. The van der Waals surface area contributed by atoms with Crippen LogP contribution in [0.25, 0.3) is 6.08 Å². The zero-order valence-corrected chi connectivity index (χ0v) is 11.6. The van der Waals surface area contributed by atoms with E-state index in [1.165, 1.54) is 48.6 Å². The summed E-state index contributed by atoms with van der Waals surface area (Å²) in [6.07, 6.45) is 2.80. The summed E-state index contributed by atoms with van der Waals surface area (Å²) in [5, 5.41) is 18.0. The molecule has 0 aliphatic carbocycles. The zero-order chi connectivity index (χ0) is 15.4. The standard InChI is InChI=1S/C15H11BClFO3/c17-13-7-1-10(9-14(13)18)2-8-15(19)11-3-5-12(6-4-11)16(20)21/h1-9,20-21H/b8-2+. The third-order valence-electron chi connectivity index (χ3n) is 2.86.